The Morgan fingerprint density at radius 3 is 2.57 bits per heavy atom. The minimum absolute atomic E-state index is 0.112. The molecule has 0 fully saturated rings. The molecule has 0 radical (unpaired) electrons. The van der Waals surface area contributed by atoms with Crippen LogP contribution in [0.3, 0.4) is 0 Å². The second kappa shape index (κ2) is 6.51. The van der Waals surface area contributed by atoms with Crippen LogP contribution in [0.15, 0.2) is 28.4 Å². The molecule has 8 nitrogen and oxygen atoms in total. The van der Waals surface area contributed by atoms with E-state index in [2.05, 4.69) is 17.0 Å². The number of hydrogen-bond donors (Lipinski definition) is 5. The van der Waals surface area contributed by atoms with Gasteiger partial charge in [0.1, 0.15) is 5.82 Å². The molecule has 1 aromatic rings. The molecule has 8 heteroatoms. The summed E-state index contributed by atoms with van der Waals surface area (Å²) < 4.78 is 1.39. The molecule has 0 amide bonds. The maximum absolute atomic E-state index is 12.4. The second-order valence-corrected chi connectivity index (χ2v) is 4.34. The van der Waals surface area contributed by atoms with Gasteiger partial charge < -0.3 is 22.3 Å². The van der Waals surface area contributed by atoms with Gasteiger partial charge in [0.2, 0.25) is 0 Å². The lowest BCUT2D eigenvalue weighted by molar-refractivity contribution is 0.732. The van der Waals surface area contributed by atoms with Gasteiger partial charge in [-0.15, -0.1) is 0 Å². The molecule has 0 aliphatic heterocycles. The molecule has 0 saturated heterocycles. The zero-order valence-corrected chi connectivity index (χ0v) is 12.0. The Hall–Kier alpha value is -2.90. The molecule has 0 saturated carbocycles. The van der Waals surface area contributed by atoms with Gasteiger partial charge in [0.05, 0.1) is 23.3 Å². The van der Waals surface area contributed by atoms with Crippen molar-refractivity contribution in [3.8, 4) is 0 Å². The summed E-state index contributed by atoms with van der Waals surface area (Å²) in [7, 11) is 0. The van der Waals surface area contributed by atoms with Crippen LogP contribution in [0.1, 0.15) is 25.0 Å². The summed E-state index contributed by atoms with van der Waals surface area (Å²) in [5, 5.41) is 21.7. The molecular formula is C13H19N7O. The third kappa shape index (κ3) is 3.35. The van der Waals surface area contributed by atoms with E-state index in [0.29, 0.717) is 17.9 Å². The average Bonchev–Trinajstić information content (AvgIpc) is 2.38. The molecule has 0 spiro atoms. The fraction of sp³-hybridized carbons (Fsp3) is 0.231. The lowest BCUT2D eigenvalue weighted by Gasteiger charge is -2.18. The van der Waals surface area contributed by atoms with Crippen molar-refractivity contribution < 1.29 is 0 Å². The average molecular weight is 289 g/mol. The predicted molar refractivity (Wildman–Crippen MR) is 85.3 cm³/mol. The Balaban J connectivity index is 3.72. The Labute approximate surface area is 122 Å². The van der Waals surface area contributed by atoms with Crippen molar-refractivity contribution in [3.05, 3.63) is 39.9 Å². The number of aromatic nitrogens is 1. The second-order valence-electron chi connectivity index (χ2n) is 4.34. The quantitative estimate of drug-likeness (QED) is 0.293. The summed E-state index contributed by atoms with van der Waals surface area (Å²) in [5.41, 5.74) is 5.81. The van der Waals surface area contributed by atoms with Gasteiger partial charge in [-0.05, 0) is 19.9 Å². The number of nitrogens with zero attached hydrogens (tertiary/aromatic N) is 2. The van der Waals surface area contributed by atoms with Crippen molar-refractivity contribution in [1.82, 2.24) is 4.57 Å². The van der Waals surface area contributed by atoms with Gasteiger partial charge in [0.15, 0.2) is 0 Å². The van der Waals surface area contributed by atoms with Gasteiger partial charge >= 0.3 is 0 Å². The molecule has 1 heterocycles. The van der Waals surface area contributed by atoms with Gasteiger partial charge in [-0.2, -0.15) is 5.10 Å². The van der Waals surface area contributed by atoms with Gasteiger partial charge in [-0.25, -0.2) is 0 Å². The first-order valence-electron chi connectivity index (χ1n) is 6.20. The van der Waals surface area contributed by atoms with Crippen LogP contribution in [0, 0.1) is 10.8 Å². The molecule has 0 aliphatic carbocycles. The van der Waals surface area contributed by atoms with Crippen molar-refractivity contribution in [3.63, 3.8) is 0 Å². The van der Waals surface area contributed by atoms with E-state index < -0.39 is 5.56 Å². The van der Waals surface area contributed by atoms with Crippen molar-refractivity contribution in [1.29, 1.82) is 10.8 Å². The van der Waals surface area contributed by atoms with Crippen LogP contribution >= 0.6 is 0 Å². The molecule has 0 aliphatic rings. The molecule has 0 unspecified atom stereocenters. The minimum atomic E-state index is -0.392. The summed E-state index contributed by atoms with van der Waals surface area (Å²) in [6.07, 6.45) is 1.08. The first-order valence-corrected chi connectivity index (χ1v) is 6.20. The smallest absolute Gasteiger partial charge is 0.261 e. The Kier molecular flexibility index (Phi) is 5.01. The number of anilines is 1. The molecule has 21 heavy (non-hydrogen) atoms. The highest BCUT2D eigenvalue weighted by Gasteiger charge is 2.17. The molecular weight excluding hydrogens is 270 g/mol. The van der Waals surface area contributed by atoms with Crippen molar-refractivity contribution >= 4 is 23.5 Å². The molecule has 0 aromatic carbocycles. The van der Waals surface area contributed by atoms with E-state index in [1.807, 2.05) is 0 Å². The van der Waals surface area contributed by atoms with E-state index in [1.54, 1.807) is 13.8 Å². The topological polar surface area (TPSA) is 146 Å². The highest BCUT2D eigenvalue weighted by Crippen LogP contribution is 2.17. The van der Waals surface area contributed by atoms with E-state index in [9.17, 15) is 4.79 Å². The van der Waals surface area contributed by atoms with E-state index in [0.717, 1.165) is 6.21 Å². The molecule has 0 bridgehead atoms. The Morgan fingerprint density at radius 2 is 2.14 bits per heavy atom. The standard InChI is InChI=1S/C13H19N7O/c1-4-20-12(19-8(3)15)9(7(2)14)5-10(13(20)21)11(16)6-18-17/h5-6,14,16,19H,3-4,15,17H2,1-2H3. The van der Waals surface area contributed by atoms with Crippen molar-refractivity contribution in [2.75, 3.05) is 5.32 Å². The molecule has 7 N–H and O–H groups in total. The predicted octanol–water partition coefficient (Wildman–Crippen LogP) is 0.410. The lowest BCUT2D eigenvalue weighted by atomic mass is 10.1. The first-order chi connectivity index (χ1) is 9.83. The molecule has 1 rings (SSSR count). The van der Waals surface area contributed by atoms with E-state index in [4.69, 9.17) is 22.4 Å². The molecule has 1 aromatic heterocycles. The third-order valence-corrected chi connectivity index (χ3v) is 2.78. The highest BCUT2D eigenvalue weighted by atomic mass is 16.1. The van der Waals surface area contributed by atoms with Crippen LogP contribution in [0.25, 0.3) is 0 Å². The van der Waals surface area contributed by atoms with Crippen LogP contribution in [-0.4, -0.2) is 22.2 Å². The Bertz CT molecular complexity index is 684. The van der Waals surface area contributed by atoms with E-state index >= 15 is 0 Å². The fourth-order valence-corrected chi connectivity index (χ4v) is 1.88. The van der Waals surface area contributed by atoms with Crippen LogP contribution in [0.4, 0.5) is 5.82 Å². The summed E-state index contributed by atoms with van der Waals surface area (Å²) >= 11 is 0. The fourth-order valence-electron chi connectivity index (χ4n) is 1.88. The minimum Gasteiger partial charge on any atom is -0.386 e. The van der Waals surface area contributed by atoms with Crippen LogP contribution in [0.2, 0.25) is 0 Å². The maximum atomic E-state index is 12.4. The number of hydrazone groups is 1. The Morgan fingerprint density at radius 1 is 1.52 bits per heavy atom. The normalized spacial score (nSPS) is 10.6. The van der Waals surface area contributed by atoms with Gasteiger partial charge in [-0.1, -0.05) is 6.58 Å². The van der Waals surface area contributed by atoms with Crippen LogP contribution in [-0.2, 0) is 6.54 Å². The summed E-state index contributed by atoms with van der Waals surface area (Å²) in [6, 6.07) is 1.45. The van der Waals surface area contributed by atoms with Crippen molar-refractivity contribution in [2.45, 2.75) is 20.4 Å². The first kappa shape index (κ1) is 16.2. The summed E-state index contributed by atoms with van der Waals surface area (Å²) in [6.45, 7) is 7.24. The number of nitrogens with one attached hydrogen (secondary N) is 3. The maximum Gasteiger partial charge on any atom is 0.261 e. The number of pyridine rings is 1. The van der Waals surface area contributed by atoms with E-state index in [-0.39, 0.29) is 22.8 Å². The van der Waals surface area contributed by atoms with Crippen LogP contribution in [0.5, 0.6) is 0 Å². The zero-order chi connectivity index (χ0) is 16.2. The number of nitrogens with two attached hydrogens (primary N) is 2. The van der Waals surface area contributed by atoms with Gasteiger partial charge in [-0.3, -0.25) is 14.8 Å². The summed E-state index contributed by atoms with van der Waals surface area (Å²) in [4.78, 5) is 12.4. The lowest BCUT2D eigenvalue weighted by Crippen LogP contribution is -2.31. The number of rotatable bonds is 6. The SMILES string of the molecule is C=C(N)Nc1c(C(C)=N)cc(C(=N)C=NN)c(=O)n1CC. The van der Waals surface area contributed by atoms with E-state index in [1.165, 1.54) is 10.6 Å². The van der Waals surface area contributed by atoms with Gasteiger partial charge in [0, 0.05) is 17.8 Å². The van der Waals surface area contributed by atoms with Crippen molar-refractivity contribution in [2.24, 2.45) is 16.7 Å². The summed E-state index contributed by atoms with van der Waals surface area (Å²) in [5.74, 6) is 5.55. The number of hydrogen-bond acceptors (Lipinski definition) is 7. The van der Waals surface area contributed by atoms with Gasteiger partial charge in [0.25, 0.3) is 5.56 Å². The highest BCUT2D eigenvalue weighted by molar-refractivity contribution is 6.36. The van der Waals surface area contributed by atoms with Crippen LogP contribution < -0.4 is 22.5 Å². The zero-order valence-electron chi connectivity index (χ0n) is 12.0. The largest absolute Gasteiger partial charge is 0.386 e. The molecule has 112 valence electrons. The monoisotopic (exact) mass is 289 g/mol. The third-order valence-electron chi connectivity index (χ3n) is 2.78. The molecule has 0 atom stereocenters.